The number of nitrogens with zero attached hydrogens (tertiary/aromatic N) is 1. The van der Waals surface area contributed by atoms with Crippen molar-refractivity contribution in [2.24, 2.45) is 5.14 Å². The van der Waals surface area contributed by atoms with E-state index in [0.717, 1.165) is 25.7 Å². The van der Waals surface area contributed by atoms with Gasteiger partial charge in [-0.3, -0.25) is 0 Å². The lowest BCUT2D eigenvalue weighted by atomic mass is 9.90. The van der Waals surface area contributed by atoms with Gasteiger partial charge in [0.1, 0.15) is 4.90 Å². The molecule has 0 aliphatic heterocycles. The van der Waals surface area contributed by atoms with E-state index in [4.69, 9.17) is 5.14 Å². The van der Waals surface area contributed by atoms with E-state index in [2.05, 4.69) is 10.2 Å². The summed E-state index contributed by atoms with van der Waals surface area (Å²) >= 11 is 0. The van der Waals surface area contributed by atoms with Crippen molar-refractivity contribution in [3.8, 4) is 0 Å². The molecule has 1 fully saturated rings. The van der Waals surface area contributed by atoms with Crippen LogP contribution in [0.1, 0.15) is 25.7 Å². The highest BCUT2D eigenvalue weighted by Crippen LogP contribution is 2.30. The number of rotatable bonds is 4. The molecule has 1 aromatic rings. The lowest BCUT2D eigenvalue weighted by Gasteiger charge is -2.36. The maximum absolute atomic E-state index is 11.7. The fourth-order valence-electron chi connectivity index (χ4n) is 2.94. The molecule has 3 N–H and O–H groups in total. The number of hydrogen-bond donors (Lipinski definition) is 2. The van der Waals surface area contributed by atoms with Gasteiger partial charge in [-0.2, -0.15) is 0 Å². The molecule has 0 aromatic heterocycles. The molecule has 0 heterocycles. The van der Waals surface area contributed by atoms with Crippen LogP contribution in [-0.2, 0) is 10.0 Å². The number of nitrogens with one attached hydrogen (secondary N) is 1. The van der Waals surface area contributed by atoms with Crippen molar-refractivity contribution in [2.45, 2.75) is 42.7 Å². The standard InChI is InChI=1S/C14H23N3O2S/c1-16-11-7-9-12(10-8-11)17(2)13-5-3-4-6-14(13)20(15,18)19/h3-6,11-12,16H,7-10H2,1-2H3,(H2,15,18,19). The van der Waals surface area contributed by atoms with Gasteiger partial charge in [-0.15, -0.1) is 0 Å². The molecule has 1 aliphatic carbocycles. The number of primary sulfonamides is 1. The molecule has 2 rings (SSSR count). The maximum atomic E-state index is 11.7. The summed E-state index contributed by atoms with van der Waals surface area (Å²) < 4.78 is 23.4. The summed E-state index contributed by atoms with van der Waals surface area (Å²) in [5.74, 6) is 0. The third-order valence-electron chi connectivity index (χ3n) is 4.20. The van der Waals surface area contributed by atoms with Gasteiger partial charge in [0.15, 0.2) is 0 Å². The van der Waals surface area contributed by atoms with Crippen molar-refractivity contribution in [2.75, 3.05) is 19.0 Å². The smallest absolute Gasteiger partial charge is 0.240 e. The highest BCUT2D eigenvalue weighted by molar-refractivity contribution is 7.89. The van der Waals surface area contributed by atoms with Crippen LogP contribution >= 0.6 is 0 Å². The van der Waals surface area contributed by atoms with Crippen LogP contribution in [0.3, 0.4) is 0 Å². The monoisotopic (exact) mass is 297 g/mol. The van der Waals surface area contributed by atoms with Gasteiger partial charge in [0.05, 0.1) is 5.69 Å². The van der Waals surface area contributed by atoms with Gasteiger partial charge >= 0.3 is 0 Å². The molecule has 0 amide bonds. The minimum Gasteiger partial charge on any atom is -0.371 e. The van der Waals surface area contributed by atoms with E-state index in [9.17, 15) is 8.42 Å². The minimum atomic E-state index is -3.69. The van der Waals surface area contributed by atoms with Crippen LogP contribution in [-0.4, -0.2) is 34.6 Å². The van der Waals surface area contributed by atoms with E-state index in [1.165, 1.54) is 0 Å². The fraction of sp³-hybridized carbons (Fsp3) is 0.571. The van der Waals surface area contributed by atoms with E-state index in [1.807, 2.05) is 26.2 Å². The fourth-order valence-corrected chi connectivity index (χ4v) is 3.71. The summed E-state index contributed by atoms with van der Waals surface area (Å²) in [6.45, 7) is 0. The molecule has 0 radical (unpaired) electrons. The molecule has 1 aliphatic rings. The third kappa shape index (κ3) is 3.31. The minimum absolute atomic E-state index is 0.207. The van der Waals surface area contributed by atoms with E-state index in [-0.39, 0.29) is 4.90 Å². The highest BCUT2D eigenvalue weighted by Gasteiger charge is 2.26. The first kappa shape index (κ1) is 15.3. The molecule has 0 saturated heterocycles. The van der Waals surface area contributed by atoms with Crippen LogP contribution in [0, 0.1) is 0 Å². The Morgan fingerprint density at radius 2 is 1.80 bits per heavy atom. The average molecular weight is 297 g/mol. The Labute approximate surface area is 121 Å². The molecule has 5 nitrogen and oxygen atoms in total. The topological polar surface area (TPSA) is 75.4 Å². The number of anilines is 1. The Bertz CT molecular complexity index is 551. The van der Waals surface area contributed by atoms with Crippen LogP contribution in [0.4, 0.5) is 5.69 Å². The molecule has 6 heteroatoms. The third-order valence-corrected chi connectivity index (χ3v) is 5.16. The van der Waals surface area contributed by atoms with E-state index >= 15 is 0 Å². The Hall–Kier alpha value is -1.11. The Kier molecular flexibility index (Phi) is 4.67. The molecule has 112 valence electrons. The second kappa shape index (κ2) is 6.11. The average Bonchev–Trinajstić information content (AvgIpc) is 2.46. The lowest BCUT2D eigenvalue weighted by Crippen LogP contribution is -2.40. The van der Waals surface area contributed by atoms with E-state index in [0.29, 0.717) is 17.8 Å². The van der Waals surface area contributed by atoms with Crippen molar-refractivity contribution in [3.63, 3.8) is 0 Å². The molecular formula is C14H23N3O2S. The second-order valence-corrected chi connectivity index (χ2v) is 6.95. The number of para-hydroxylation sites is 1. The Morgan fingerprint density at radius 3 is 2.35 bits per heavy atom. The SMILES string of the molecule is CNC1CCC(N(C)c2ccccc2S(N)(=O)=O)CC1. The first-order valence-corrected chi connectivity index (χ1v) is 8.50. The van der Waals surface area contributed by atoms with Gasteiger partial charge in [-0.25, -0.2) is 13.6 Å². The van der Waals surface area contributed by atoms with Gasteiger partial charge in [0.2, 0.25) is 10.0 Å². The first-order chi connectivity index (χ1) is 9.43. The molecule has 0 spiro atoms. The largest absolute Gasteiger partial charge is 0.371 e. The molecule has 1 saturated carbocycles. The molecule has 20 heavy (non-hydrogen) atoms. The van der Waals surface area contributed by atoms with Crippen LogP contribution in [0.5, 0.6) is 0 Å². The quantitative estimate of drug-likeness (QED) is 0.878. The normalized spacial score (nSPS) is 23.6. The van der Waals surface area contributed by atoms with Crippen molar-refractivity contribution in [1.82, 2.24) is 5.32 Å². The van der Waals surface area contributed by atoms with Crippen LogP contribution < -0.4 is 15.4 Å². The molecule has 0 bridgehead atoms. The Morgan fingerprint density at radius 1 is 1.20 bits per heavy atom. The predicted octanol–water partition coefficient (Wildman–Crippen LogP) is 1.30. The zero-order chi connectivity index (χ0) is 14.8. The summed E-state index contributed by atoms with van der Waals surface area (Å²) in [5.41, 5.74) is 0.697. The van der Waals surface area contributed by atoms with Crippen molar-refractivity contribution < 1.29 is 8.42 Å². The van der Waals surface area contributed by atoms with Gasteiger partial charge < -0.3 is 10.2 Å². The lowest BCUT2D eigenvalue weighted by molar-refractivity contribution is 0.351. The number of nitrogens with two attached hydrogens (primary N) is 1. The predicted molar refractivity (Wildman–Crippen MR) is 81.3 cm³/mol. The first-order valence-electron chi connectivity index (χ1n) is 6.95. The molecule has 0 unspecified atom stereocenters. The van der Waals surface area contributed by atoms with Crippen molar-refractivity contribution in [3.05, 3.63) is 24.3 Å². The molecule has 0 atom stereocenters. The number of sulfonamides is 1. The summed E-state index contributed by atoms with van der Waals surface area (Å²) in [4.78, 5) is 2.27. The Balaban J connectivity index is 2.20. The molecule has 1 aromatic carbocycles. The molecular weight excluding hydrogens is 274 g/mol. The van der Waals surface area contributed by atoms with Gasteiger partial charge in [-0.1, -0.05) is 12.1 Å². The summed E-state index contributed by atoms with van der Waals surface area (Å²) in [7, 11) is 0.257. The van der Waals surface area contributed by atoms with E-state index < -0.39 is 10.0 Å². The van der Waals surface area contributed by atoms with Crippen molar-refractivity contribution >= 4 is 15.7 Å². The van der Waals surface area contributed by atoms with Crippen molar-refractivity contribution in [1.29, 1.82) is 0 Å². The van der Waals surface area contributed by atoms with Gasteiger partial charge in [0.25, 0.3) is 0 Å². The maximum Gasteiger partial charge on any atom is 0.240 e. The van der Waals surface area contributed by atoms with Gasteiger partial charge in [0, 0.05) is 19.1 Å². The summed E-state index contributed by atoms with van der Waals surface area (Å²) in [6.07, 6.45) is 4.34. The summed E-state index contributed by atoms with van der Waals surface area (Å²) in [5, 5.41) is 8.61. The highest BCUT2D eigenvalue weighted by atomic mass is 32.2. The van der Waals surface area contributed by atoms with Crippen LogP contribution in [0.15, 0.2) is 29.2 Å². The zero-order valence-corrected chi connectivity index (χ0v) is 12.9. The number of hydrogen-bond acceptors (Lipinski definition) is 4. The zero-order valence-electron chi connectivity index (χ0n) is 12.0. The van der Waals surface area contributed by atoms with Crippen LogP contribution in [0.2, 0.25) is 0 Å². The van der Waals surface area contributed by atoms with E-state index in [1.54, 1.807) is 12.1 Å². The van der Waals surface area contributed by atoms with Gasteiger partial charge in [-0.05, 0) is 44.9 Å². The summed E-state index contributed by atoms with van der Waals surface area (Å²) in [6, 6.07) is 7.88. The second-order valence-electron chi connectivity index (χ2n) is 5.42. The van der Waals surface area contributed by atoms with Crippen LogP contribution in [0.25, 0.3) is 0 Å². The number of benzene rings is 1.